The van der Waals surface area contributed by atoms with E-state index in [2.05, 4.69) is 5.32 Å². The highest BCUT2D eigenvalue weighted by atomic mass is 35.5. The van der Waals surface area contributed by atoms with Gasteiger partial charge in [0.2, 0.25) is 0 Å². The molecule has 2 aromatic carbocycles. The van der Waals surface area contributed by atoms with Crippen molar-refractivity contribution in [1.82, 2.24) is 0 Å². The van der Waals surface area contributed by atoms with Crippen molar-refractivity contribution in [2.75, 3.05) is 11.9 Å². The van der Waals surface area contributed by atoms with Crippen molar-refractivity contribution < 1.29 is 4.79 Å². The summed E-state index contributed by atoms with van der Waals surface area (Å²) in [6.45, 7) is 2.62. The van der Waals surface area contributed by atoms with Crippen molar-refractivity contribution in [1.29, 1.82) is 0 Å². The summed E-state index contributed by atoms with van der Waals surface area (Å²) in [6.07, 6.45) is 0.468. The zero-order chi connectivity index (χ0) is 13.7. The summed E-state index contributed by atoms with van der Waals surface area (Å²) in [5, 5.41) is 3.95. The minimum atomic E-state index is 0.146. The molecule has 19 heavy (non-hydrogen) atoms. The molecule has 0 unspecified atom stereocenters. The van der Waals surface area contributed by atoms with Gasteiger partial charge in [0.15, 0.2) is 5.78 Å². The number of Topliss-reactive ketones (excluding diaryl/α,β-unsaturated/α-hetero) is 1. The van der Waals surface area contributed by atoms with E-state index in [1.807, 2.05) is 55.5 Å². The predicted octanol–water partition coefficient (Wildman–Crippen LogP) is 4.33. The first-order chi connectivity index (χ1) is 9.16. The Hall–Kier alpha value is -1.80. The molecule has 0 amide bonds. The average molecular weight is 274 g/mol. The lowest BCUT2D eigenvalue weighted by Gasteiger charge is -2.09. The van der Waals surface area contributed by atoms with Gasteiger partial charge < -0.3 is 5.32 Å². The van der Waals surface area contributed by atoms with Crippen LogP contribution in [0.15, 0.2) is 48.5 Å². The van der Waals surface area contributed by atoms with Crippen molar-refractivity contribution in [2.45, 2.75) is 13.3 Å². The van der Waals surface area contributed by atoms with Crippen LogP contribution in [0.25, 0.3) is 0 Å². The maximum absolute atomic E-state index is 11.9. The highest BCUT2D eigenvalue weighted by Crippen LogP contribution is 2.20. The van der Waals surface area contributed by atoms with Crippen LogP contribution < -0.4 is 5.32 Å². The molecule has 0 aliphatic rings. The Morgan fingerprint density at radius 2 is 1.89 bits per heavy atom. The van der Waals surface area contributed by atoms with Gasteiger partial charge in [0.05, 0.1) is 0 Å². The molecular formula is C16H16ClNO. The smallest absolute Gasteiger partial charge is 0.164 e. The molecule has 0 aliphatic heterocycles. The lowest BCUT2D eigenvalue weighted by molar-refractivity contribution is 0.0986. The summed E-state index contributed by atoms with van der Waals surface area (Å²) in [5.41, 5.74) is 2.86. The molecule has 0 radical (unpaired) electrons. The largest absolute Gasteiger partial charge is 0.384 e. The Bertz CT molecular complexity index is 566. The van der Waals surface area contributed by atoms with Crippen molar-refractivity contribution in [3.63, 3.8) is 0 Å². The summed E-state index contributed by atoms with van der Waals surface area (Å²) >= 11 is 5.95. The van der Waals surface area contributed by atoms with Crippen LogP contribution in [-0.4, -0.2) is 12.3 Å². The summed E-state index contributed by atoms with van der Waals surface area (Å²) in [6, 6.07) is 15.0. The Balaban J connectivity index is 1.90. The Labute approximate surface area is 118 Å². The minimum absolute atomic E-state index is 0.146. The van der Waals surface area contributed by atoms with Gasteiger partial charge >= 0.3 is 0 Å². The van der Waals surface area contributed by atoms with Gasteiger partial charge in [-0.15, -0.1) is 0 Å². The Kier molecular flexibility index (Phi) is 4.58. The van der Waals surface area contributed by atoms with E-state index in [1.165, 1.54) is 0 Å². The fourth-order valence-electron chi connectivity index (χ4n) is 1.86. The molecule has 2 aromatic rings. The molecule has 0 saturated heterocycles. The van der Waals surface area contributed by atoms with E-state index in [-0.39, 0.29) is 5.78 Å². The number of hydrogen-bond acceptors (Lipinski definition) is 2. The standard InChI is InChI=1S/C16H16ClNO/c1-12-7-8-14(17)11-15(12)18-10-9-16(19)13-5-3-2-4-6-13/h2-8,11,18H,9-10H2,1H3. The van der Waals surface area contributed by atoms with Crippen molar-refractivity contribution >= 4 is 23.1 Å². The number of rotatable bonds is 5. The molecule has 1 N–H and O–H groups in total. The van der Waals surface area contributed by atoms with Crippen molar-refractivity contribution in [3.05, 3.63) is 64.7 Å². The third kappa shape index (κ3) is 3.83. The molecule has 3 heteroatoms. The van der Waals surface area contributed by atoms with Gasteiger partial charge in [-0.1, -0.05) is 48.0 Å². The molecule has 2 nitrogen and oxygen atoms in total. The van der Waals surface area contributed by atoms with E-state index in [9.17, 15) is 4.79 Å². The number of carbonyl (C=O) groups excluding carboxylic acids is 1. The first-order valence-electron chi connectivity index (χ1n) is 6.25. The third-order valence-corrected chi connectivity index (χ3v) is 3.20. The van der Waals surface area contributed by atoms with Gasteiger partial charge in [0, 0.05) is 29.2 Å². The van der Waals surface area contributed by atoms with Gasteiger partial charge in [0.25, 0.3) is 0 Å². The molecule has 0 bridgehead atoms. The van der Waals surface area contributed by atoms with Crippen molar-refractivity contribution in [2.24, 2.45) is 0 Å². The lowest BCUT2D eigenvalue weighted by atomic mass is 10.1. The number of nitrogens with one attached hydrogen (secondary N) is 1. The van der Waals surface area contributed by atoms with E-state index in [0.29, 0.717) is 18.0 Å². The molecule has 0 saturated carbocycles. The number of carbonyl (C=O) groups is 1. The summed E-state index contributed by atoms with van der Waals surface area (Å²) in [7, 11) is 0. The van der Waals surface area contributed by atoms with Gasteiger partial charge in [-0.05, 0) is 24.6 Å². The Morgan fingerprint density at radius 1 is 1.16 bits per heavy atom. The summed E-state index contributed by atoms with van der Waals surface area (Å²) < 4.78 is 0. The first-order valence-corrected chi connectivity index (χ1v) is 6.63. The predicted molar refractivity (Wildman–Crippen MR) is 80.1 cm³/mol. The van der Waals surface area contributed by atoms with Crippen LogP contribution in [0.5, 0.6) is 0 Å². The lowest BCUT2D eigenvalue weighted by Crippen LogP contribution is -2.09. The highest BCUT2D eigenvalue weighted by Gasteiger charge is 2.05. The highest BCUT2D eigenvalue weighted by molar-refractivity contribution is 6.30. The second-order valence-corrected chi connectivity index (χ2v) is 4.86. The number of hydrogen-bond donors (Lipinski definition) is 1. The fraction of sp³-hybridized carbons (Fsp3) is 0.188. The van der Waals surface area contributed by atoms with E-state index >= 15 is 0 Å². The zero-order valence-corrected chi connectivity index (χ0v) is 11.6. The van der Waals surface area contributed by atoms with Gasteiger partial charge in [-0.25, -0.2) is 0 Å². The zero-order valence-electron chi connectivity index (χ0n) is 10.8. The first kappa shape index (κ1) is 13.6. The van der Waals surface area contributed by atoms with Crippen LogP contribution in [0.3, 0.4) is 0 Å². The molecule has 98 valence electrons. The normalized spacial score (nSPS) is 10.2. The van der Waals surface area contributed by atoms with Crippen molar-refractivity contribution in [3.8, 4) is 0 Å². The summed E-state index contributed by atoms with van der Waals surface area (Å²) in [5.74, 6) is 0.146. The monoisotopic (exact) mass is 273 g/mol. The van der Waals surface area contributed by atoms with E-state index in [4.69, 9.17) is 11.6 Å². The number of anilines is 1. The fourth-order valence-corrected chi connectivity index (χ4v) is 2.04. The third-order valence-electron chi connectivity index (χ3n) is 2.96. The maximum atomic E-state index is 11.9. The molecule has 2 rings (SSSR count). The number of benzene rings is 2. The van der Waals surface area contributed by atoms with Crippen LogP contribution in [0.4, 0.5) is 5.69 Å². The number of halogens is 1. The quantitative estimate of drug-likeness (QED) is 0.822. The van der Waals surface area contributed by atoms with Crippen LogP contribution in [0.1, 0.15) is 22.3 Å². The van der Waals surface area contributed by atoms with Gasteiger partial charge in [-0.2, -0.15) is 0 Å². The number of ketones is 1. The molecule has 0 aliphatic carbocycles. The van der Waals surface area contributed by atoms with E-state index in [0.717, 1.165) is 16.8 Å². The molecule has 0 heterocycles. The molecule has 0 spiro atoms. The SMILES string of the molecule is Cc1ccc(Cl)cc1NCCC(=O)c1ccccc1. The second kappa shape index (κ2) is 6.39. The molecule has 0 fully saturated rings. The molecule has 0 atom stereocenters. The van der Waals surface area contributed by atoms with E-state index in [1.54, 1.807) is 0 Å². The van der Waals surface area contributed by atoms with Crippen LogP contribution in [0, 0.1) is 6.92 Å². The Morgan fingerprint density at radius 3 is 2.63 bits per heavy atom. The minimum Gasteiger partial charge on any atom is -0.384 e. The summed E-state index contributed by atoms with van der Waals surface area (Å²) in [4.78, 5) is 11.9. The van der Waals surface area contributed by atoms with Gasteiger partial charge in [-0.3, -0.25) is 4.79 Å². The average Bonchev–Trinajstić information content (AvgIpc) is 2.43. The maximum Gasteiger partial charge on any atom is 0.164 e. The second-order valence-electron chi connectivity index (χ2n) is 4.43. The van der Waals surface area contributed by atoms with Crippen LogP contribution in [0.2, 0.25) is 5.02 Å². The molecule has 0 aromatic heterocycles. The number of aryl methyl sites for hydroxylation is 1. The van der Waals surface area contributed by atoms with Crippen LogP contribution >= 0.6 is 11.6 Å². The van der Waals surface area contributed by atoms with Gasteiger partial charge in [0.1, 0.15) is 0 Å². The topological polar surface area (TPSA) is 29.1 Å². The van der Waals surface area contributed by atoms with Crippen LogP contribution in [-0.2, 0) is 0 Å². The molecular weight excluding hydrogens is 258 g/mol. The van der Waals surface area contributed by atoms with E-state index < -0.39 is 0 Å².